The van der Waals surface area contributed by atoms with E-state index >= 15 is 0 Å². The minimum Gasteiger partial charge on any atom is -0.550 e. The molecule has 0 unspecified atom stereocenters. The highest BCUT2D eigenvalue weighted by molar-refractivity contribution is 5.96. The summed E-state index contributed by atoms with van der Waals surface area (Å²) in [6.45, 7) is 4.01. The van der Waals surface area contributed by atoms with E-state index in [4.69, 9.17) is 0 Å². The van der Waals surface area contributed by atoms with Gasteiger partial charge in [0.05, 0.1) is 5.92 Å². The smallest absolute Gasteiger partial charge is 0.228 e. The number of hydrogen-bond acceptors (Lipinski definition) is 3. The van der Waals surface area contributed by atoms with E-state index < -0.39 is 17.8 Å². The van der Waals surface area contributed by atoms with E-state index in [0.717, 1.165) is 29.7 Å². The Bertz CT molecular complexity index is 732. The lowest BCUT2D eigenvalue weighted by molar-refractivity contribution is -0.313. The Kier molecular flexibility index (Phi) is 2.96. The molecule has 2 fully saturated rings. The number of carbonyl (C=O) groups is 2. The summed E-state index contributed by atoms with van der Waals surface area (Å²) in [7, 11) is 0. The number of benzene rings is 1. The zero-order valence-corrected chi connectivity index (χ0v) is 13.3. The van der Waals surface area contributed by atoms with Gasteiger partial charge in [0.1, 0.15) is 0 Å². The van der Waals surface area contributed by atoms with Gasteiger partial charge in [-0.25, -0.2) is 0 Å². The van der Waals surface area contributed by atoms with Crippen molar-refractivity contribution < 1.29 is 14.7 Å². The molecule has 2 bridgehead atoms. The van der Waals surface area contributed by atoms with E-state index in [1.165, 1.54) is 0 Å². The van der Waals surface area contributed by atoms with Gasteiger partial charge in [-0.05, 0) is 67.2 Å². The van der Waals surface area contributed by atoms with Crippen LogP contribution in [-0.2, 0) is 9.59 Å². The SMILES string of the molecule is Cc1ccc(NC(=O)[C@H]2[C@@H](C(=O)[O-])[C@@H]3C=C[C@H]2C32CC2)cc1C. The van der Waals surface area contributed by atoms with Crippen LogP contribution in [-0.4, -0.2) is 11.9 Å². The Morgan fingerprint density at radius 2 is 1.74 bits per heavy atom. The summed E-state index contributed by atoms with van der Waals surface area (Å²) >= 11 is 0. The van der Waals surface area contributed by atoms with E-state index in [9.17, 15) is 14.7 Å². The highest BCUT2D eigenvalue weighted by atomic mass is 16.4. The van der Waals surface area contributed by atoms with Crippen molar-refractivity contribution in [2.24, 2.45) is 29.1 Å². The first-order chi connectivity index (χ1) is 10.9. The standard InChI is InChI=1S/C19H21NO3/c1-10-3-4-12(9-11(10)2)20-17(21)15-13-5-6-14(16(15)18(22)23)19(13)7-8-19/h3-6,9,13-16H,7-8H2,1-2H3,(H,20,21)(H,22,23)/p-1/t13-,14+,15-,16+/m1/s1. The van der Waals surface area contributed by atoms with Gasteiger partial charge in [0.2, 0.25) is 5.91 Å². The number of hydrogen-bond donors (Lipinski definition) is 1. The summed E-state index contributed by atoms with van der Waals surface area (Å²) in [5.41, 5.74) is 3.02. The molecule has 1 amide bonds. The van der Waals surface area contributed by atoms with E-state index in [1.54, 1.807) is 0 Å². The zero-order valence-electron chi connectivity index (χ0n) is 13.3. The largest absolute Gasteiger partial charge is 0.550 e. The summed E-state index contributed by atoms with van der Waals surface area (Å²) in [6.07, 6.45) is 6.10. The van der Waals surface area contributed by atoms with Crippen LogP contribution in [0.2, 0.25) is 0 Å². The number of carboxylic acids is 1. The van der Waals surface area contributed by atoms with Crippen molar-refractivity contribution in [3.63, 3.8) is 0 Å². The Morgan fingerprint density at radius 3 is 2.30 bits per heavy atom. The molecule has 23 heavy (non-hydrogen) atoms. The van der Waals surface area contributed by atoms with Gasteiger partial charge >= 0.3 is 0 Å². The topological polar surface area (TPSA) is 69.2 Å². The van der Waals surface area contributed by atoms with E-state index in [-0.39, 0.29) is 23.2 Å². The molecule has 1 aromatic rings. The molecule has 120 valence electrons. The normalized spacial score (nSPS) is 32.3. The fraction of sp³-hybridized carbons (Fsp3) is 0.474. The molecular formula is C19H20NO3-. The molecular weight excluding hydrogens is 290 g/mol. The number of carbonyl (C=O) groups excluding carboxylic acids is 2. The van der Waals surface area contributed by atoms with Crippen molar-refractivity contribution in [1.82, 2.24) is 0 Å². The van der Waals surface area contributed by atoms with Crippen molar-refractivity contribution in [2.75, 3.05) is 5.32 Å². The lowest BCUT2D eigenvalue weighted by Crippen LogP contribution is -2.42. The van der Waals surface area contributed by atoms with Gasteiger partial charge in [0, 0.05) is 17.6 Å². The van der Waals surface area contributed by atoms with Crippen LogP contribution in [0.4, 0.5) is 5.69 Å². The maximum Gasteiger partial charge on any atom is 0.228 e. The quantitative estimate of drug-likeness (QED) is 0.866. The average molecular weight is 310 g/mol. The third kappa shape index (κ3) is 1.97. The van der Waals surface area contributed by atoms with Crippen LogP contribution in [0.5, 0.6) is 0 Å². The number of aliphatic carboxylic acids is 1. The molecule has 0 radical (unpaired) electrons. The van der Waals surface area contributed by atoms with Crippen LogP contribution >= 0.6 is 0 Å². The van der Waals surface area contributed by atoms with Crippen molar-refractivity contribution in [3.8, 4) is 0 Å². The maximum absolute atomic E-state index is 12.8. The van der Waals surface area contributed by atoms with Gasteiger partial charge in [0.25, 0.3) is 0 Å². The van der Waals surface area contributed by atoms with Crippen LogP contribution < -0.4 is 10.4 Å². The lowest BCUT2D eigenvalue weighted by atomic mass is 9.82. The number of rotatable bonds is 3. The molecule has 0 saturated heterocycles. The zero-order chi connectivity index (χ0) is 16.4. The maximum atomic E-state index is 12.8. The van der Waals surface area contributed by atoms with Crippen molar-refractivity contribution in [2.45, 2.75) is 26.7 Å². The third-order valence-electron chi connectivity index (χ3n) is 6.19. The first-order valence-electron chi connectivity index (χ1n) is 8.21. The van der Waals surface area contributed by atoms with E-state index in [1.807, 2.05) is 38.1 Å². The second-order valence-corrected chi connectivity index (χ2v) is 7.33. The van der Waals surface area contributed by atoms with Crippen molar-refractivity contribution in [1.29, 1.82) is 0 Å². The molecule has 3 aliphatic rings. The van der Waals surface area contributed by atoms with E-state index in [0.29, 0.717) is 0 Å². The van der Waals surface area contributed by atoms with Gasteiger partial charge in [-0.1, -0.05) is 18.2 Å². The van der Waals surface area contributed by atoms with Crippen LogP contribution in [0.15, 0.2) is 30.4 Å². The van der Waals surface area contributed by atoms with Crippen LogP contribution in [0.25, 0.3) is 0 Å². The predicted octanol–water partition coefficient (Wildman–Crippen LogP) is 1.82. The molecule has 4 nitrogen and oxygen atoms in total. The molecule has 1 spiro atoms. The Morgan fingerprint density at radius 1 is 1.09 bits per heavy atom. The van der Waals surface area contributed by atoms with E-state index in [2.05, 4.69) is 11.4 Å². The van der Waals surface area contributed by atoms with Gasteiger partial charge < -0.3 is 15.2 Å². The molecule has 1 N–H and O–H groups in total. The summed E-state index contributed by atoms with van der Waals surface area (Å²) < 4.78 is 0. The summed E-state index contributed by atoms with van der Waals surface area (Å²) in [5, 5.41) is 14.6. The summed E-state index contributed by atoms with van der Waals surface area (Å²) in [4.78, 5) is 24.4. The summed E-state index contributed by atoms with van der Waals surface area (Å²) in [5.74, 6) is -2.48. The first kappa shape index (κ1) is 14.5. The molecule has 0 aliphatic heterocycles. The number of aryl methyl sites for hydroxylation is 2. The number of carboxylic acid groups (broad SMARTS) is 1. The minimum absolute atomic E-state index is 0.0237. The number of amides is 1. The van der Waals surface area contributed by atoms with Gasteiger partial charge in [-0.3, -0.25) is 4.79 Å². The minimum atomic E-state index is -1.09. The Hall–Kier alpha value is -2.10. The number of anilines is 1. The average Bonchev–Trinajstić information content (AvgIpc) is 3.16. The highest BCUT2D eigenvalue weighted by Gasteiger charge is 2.68. The monoisotopic (exact) mass is 310 g/mol. The molecule has 4 rings (SSSR count). The van der Waals surface area contributed by atoms with Gasteiger partial charge in [-0.15, -0.1) is 0 Å². The molecule has 0 aromatic heterocycles. The molecule has 1 aromatic carbocycles. The Balaban J connectivity index is 1.61. The second kappa shape index (κ2) is 4.70. The third-order valence-corrected chi connectivity index (χ3v) is 6.19. The van der Waals surface area contributed by atoms with Crippen LogP contribution in [0.3, 0.4) is 0 Å². The fourth-order valence-corrected chi connectivity index (χ4v) is 4.72. The molecule has 4 heteroatoms. The predicted molar refractivity (Wildman–Crippen MR) is 84.3 cm³/mol. The first-order valence-corrected chi connectivity index (χ1v) is 8.21. The number of allylic oxidation sites excluding steroid dienone is 2. The molecule has 3 aliphatic carbocycles. The van der Waals surface area contributed by atoms with Gasteiger partial charge in [-0.2, -0.15) is 0 Å². The highest BCUT2D eigenvalue weighted by Crippen LogP contribution is 2.71. The lowest BCUT2D eigenvalue weighted by Gasteiger charge is -2.27. The fourth-order valence-electron chi connectivity index (χ4n) is 4.72. The van der Waals surface area contributed by atoms with Crippen LogP contribution in [0, 0.1) is 42.9 Å². The van der Waals surface area contributed by atoms with Crippen LogP contribution in [0.1, 0.15) is 24.0 Å². The molecule has 2 saturated carbocycles. The molecule has 0 heterocycles. The number of nitrogens with one attached hydrogen (secondary N) is 1. The van der Waals surface area contributed by atoms with Crippen molar-refractivity contribution in [3.05, 3.63) is 41.5 Å². The summed E-state index contributed by atoms with van der Waals surface area (Å²) in [6, 6.07) is 5.76. The molecule has 4 atom stereocenters. The van der Waals surface area contributed by atoms with Crippen molar-refractivity contribution >= 4 is 17.6 Å². The van der Waals surface area contributed by atoms with Gasteiger partial charge in [0.15, 0.2) is 0 Å². The second-order valence-electron chi connectivity index (χ2n) is 7.33. The Labute approximate surface area is 135 Å².